The molecule has 1 saturated heterocycles. The highest BCUT2D eigenvalue weighted by Crippen LogP contribution is 2.52. The third-order valence-electron chi connectivity index (χ3n) is 4.52. The Balaban J connectivity index is 1.93. The minimum atomic E-state index is -1.00. The van der Waals surface area contributed by atoms with E-state index in [0.29, 0.717) is 12.8 Å². The summed E-state index contributed by atoms with van der Waals surface area (Å²) in [5.74, 6) is -0.479. The SMILES string of the molecule is CN(C)[C@]1(c2cccc(F)c2)C[C@@]2(C1)NC(O)NC2=O. The Labute approximate surface area is 116 Å². The van der Waals surface area contributed by atoms with Crippen molar-refractivity contribution in [3.63, 3.8) is 0 Å². The number of amides is 1. The third kappa shape index (κ3) is 1.76. The number of nitrogens with one attached hydrogen (secondary N) is 2. The normalized spacial score (nSPS) is 36.2. The zero-order valence-electron chi connectivity index (χ0n) is 11.5. The van der Waals surface area contributed by atoms with Crippen molar-refractivity contribution in [2.75, 3.05) is 14.1 Å². The fourth-order valence-electron chi connectivity index (χ4n) is 3.39. The molecule has 3 rings (SSSR count). The van der Waals surface area contributed by atoms with Gasteiger partial charge in [0, 0.05) is 0 Å². The summed E-state index contributed by atoms with van der Waals surface area (Å²) in [6, 6.07) is 6.47. The summed E-state index contributed by atoms with van der Waals surface area (Å²) in [4.78, 5) is 14.0. The molecule has 0 radical (unpaired) electrons. The van der Waals surface area contributed by atoms with Crippen molar-refractivity contribution in [3.05, 3.63) is 35.6 Å². The summed E-state index contributed by atoms with van der Waals surface area (Å²) in [6.07, 6.45) is -0.00577. The van der Waals surface area contributed by atoms with E-state index in [1.54, 1.807) is 6.07 Å². The van der Waals surface area contributed by atoms with E-state index in [2.05, 4.69) is 10.6 Å². The number of carbonyl (C=O) groups excluding carboxylic acids is 1. The van der Waals surface area contributed by atoms with Crippen LogP contribution < -0.4 is 10.6 Å². The maximum atomic E-state index is 13.5. The molecular weight excluding hydrogens is 261 g/mol. The molecule has 1 saturated carbocycles. The molecule has 6 heteroatoms. The largest absolute Gasteiger partial charge is 0.361 e. The average molecular weight is 279 g/mol. The number of aliphatic hydroxyl groups is 1. The molecule has 1 aliphatic heterocycles. The van der Waals surface area contributed by atoms with Gasteiger partial charge in [-0.2, -0.15) is 0 Å². The standard InChI is InChI=1S/C14H18FN3O2/c1-18(2)14(9-4-3-5-10(15)6-9)7-13(8-14)11(19)16-12(20)17-13/h3-6,12,17,20H,7-8H2,1-2H3,(H,16,19)/t12?,13-,14+. The highest BCUT2D eigenvalue weighted by atomic mass is 19.1. The predicted octanol–water partition coefficient (Wildman–Crippen LogP) is 0.110. The van der Waals surface area contributed by atoms with E-state index in [-0.39, 0.29) is 11.7 Å². The van der Waals surface area contributed by atoms with Crippen molar-refractivity contribution in [3.8, 4) is 0 Å². The summed E-state index contributed by atoms with van der Waals surface area (Å²) >= 11 is 0. The lowest BCUT2D eigenvalue weighted by Gasteiger charge is -2.56. The zero-order chi connectivity index (χ0) is 14.5. The maximum Gasteiger partial charge on any atom is 0.243 e. The first kappa shape index (κ1) is 13.5. The quantitative estimate of drug-likeness (QED) is 0.719. The fraction of sp³-hybridized carbons (Fsp3) is 0.500. The molecule has 1 amide bonds. The summed E-state index contributed by atoms with van der Waals surface area (Å²) < 4.78 is 13.5. The van der Waals surface area contributed by atoms with E-state index in [0.717, 1.165) is 5.56 Å². The Morgan fingerprint density at radius 2 is 2.10 bits per heavy atom. The molecule has 1 aromatic rings. The van der Waals surface area contributed by atoms with Crippen molar-refractivity contribution in [1.29, 1.82) is 0 Å². The van der Waals surface area contributed by atoms with Gasteiger partial charge in [0.1, 0.15) is 11.4 Å². The van der Waals surface area contributed by atoms with E-state index in [9.17, 15) is 14.3 Å². The molecule has 1 atom stereocenters. The highest BCUT2D eigenvalue weighted by Gasteiger charge is 2.63. The predicted molar refractivity (Wildman–Crippen MR) is 71.0 cm³/mol. The van der Waals surface area contributed by atoms with Gasteiger partial charge in [-0.05, 0) is 44.6 Å². The van der Waals surface area contributed by atoms with E-state index >= 15 is 0 Å². The van der Waals surface area contributed by atoms with Gasteiger partial charge in [-0.1, -0.05) is 12.1 Å². The van der Waals surface area contributed by atoms with Crippen LogP contribution in [0.1, 0.15) is 18.4 Å². The Hall–Kier alpha value is -1.50. The summed E-state index contributed by atoms with van der Waals surface area (Å²) in [5.41, 5.74) is -0.295. The lowest BCUT2D eigenvalue weighted by molar-refractivity contribution is -0.134. The van der Waals surface area contributed by atoms with Crippen LogP contribution in [0.4, 0.5) is 4.39 Å². The van der Waals surface area contributed by atoms with Crippen LogP contribution in [0.2, 0.25) is 0 Å². The average Bonchev–Trinajstić information content (AvgIpc) is 2.61. The van der Waals surface area contributed by atoms with E-state index < -0.39 is 17.4 Å². The lowest BCUT2D eigenvalue weighted by atomic mass is 9.59. The van der Waals surface area contributed by atoms with Crippen LogP contribution >= 0.6 is 0 Å². The molecule has 20 heavy (non-hydrogen) atoms. The van der Waals surface area contributed by atoms with Crippen LogP contribution in [0.3, 0.4) is 0 Å². The van der Waals surface area contributed by atoms with Crippen LogP contribution in [-0.4, -0.2) is 41.9 Å². The van der Waals surface area contributed by atoms with Gasteiger partial charge in [0.05, 0.1) is 5.54 Å². The second-order valence-electron chi connectivity index (χ2n) is 5.89. The number of benzene rings is 1. The van der Waals surface area contributed by atoms with Crippen LogP contribution in [0.15, 0.2) is 24.3 Å². The van der Waals surface area contributed by atoms with Crippen LogP contribution in [0.25, 0.3) is 0 Å². The number of halogens is 1. The van der Waals surface area contributed by atoms with Crippen LogP contribution in [-0.2, 0) is 10.3 Å². The van der Waals surface area contributed by atoms with Crippen molar-refractivity contribution in [2.24, 2.45) is 0 Å². The first-order chi connectivity index (χ1) is 9.38. The Bertz CT molecular complexity index is 555. The van der Waals surface area contributed by atoms with Gasteiger partial charge in [-0.25, -0.2) is 4.39 Å². The molecule has 1 aliphatic carbocycles. The van der Waals surface area contributed by atoms with Gasteiger partial charge in [0.25, 0.3) is 0 Å². The van der Waals surface area contributed by atoms with E-state index in [4.69, 9.17) is 0 Å². The molecule has 0 aromatic heterocycles. The lowest BCUT2D eigenvalue weighted by Crippen LogP contribution is -2.68. The Kier molecular flexibility index (Phi) is 2.86. The summed E-state index contributed by atoms with van der Waals surface area (Å²) in [7, 11) is 3.84. The highest BCUT2D eigenvalue weighted by molar-refractivity contribution is 5.90. The van der Waals surface area contributed by atoms with Crippen LogP contribution in [0.5, 0.6) is 0 Å². The van der Waals surface area contributed by atoms with E-state index in [1.807, 2.05) is 25.1 Å². The first-order valence-corrected chi connectivity index (χ1v) is 6.58. The monoisotopic (exact) mass is 279 g/mol. The topological polar surface area (TPSA) is 64.6 Å². The van der Waals surface area contributed by atoms with E-state index in [1.165, 1.54) is 12.1 Å². The Morgan fingerprint density at radius 1 is 1.40 bits per heavy atom. The molecule has 1 aromatic carbocycles. The molecule has 1 heterocycles. The second-order valence-corrected chi connectivity index (χ2v) is 5.89. The molecule has 2 fully saturated rings. The summed E-state index contributed by atoms with van der Waals surface area (Å²) in [6.45, 7) is 0. The minimum absolute atomic E-state index is 0.195. The molecule has 0 bridgehead atoms. The number of hydrogen-bond donors (Lipinski definition) is 3. The number of rotatable bonds is 2. The van der Waals surface area contributed by atoms with Gasteiger partial charge >= 0.3 is 0 Å². The fourth-order valence-corrected chi connectivity index (χ4v) is 3.39. The first-order valence-electron chi connectivity index (χ1n) is 6.58. The van der Waals surface area contributed by atoms with Crippen LogP contribution in [0, 0.1) is 5.82 Å². The zero-order valence-corrected chi connectivity index (χ0v) is 11.5. The van der Waals surface area contributed by atoms with Crippen molar-refractivity contribution in [1.82, 2.24) is 15.5 Å². The molecule has 3 N–H and O–H groups in total. The second kappa shape index (κ2) is 4.25. The maximum absolute atomic E-state index is 13.5. The number of hydrogen-bond acceptors (Lipinski definition) is 4. The molecule has 1 unspecified atom stereocenters. The number of nitrogens with zero attached hydrogens (tertiary/aromatic N) is 1. The smallest absolute Gasteiger partial charge is 0.243 e. The molecule has 5 nitrogen and oxygen atoms in total. The van der Waals surface area contributed by atoms with Gasteiger partial charge in [-0.3, -0.25) is 15.0 Å². The van der Waals surface area contributed by atoms with Gasteiger partial charge in [-0.15, -0.1) is 0 Å². The minimum Gasteiger partial charge on any atom is -0.361 e. The molecule has 1 spiro atoms. The molecule has 108 valence electrons. The summed E-state index contributed by atoms with van der Waals surface area (Å²) in [5, 5.41) is 14.9. The van der Waals surface area contributed by atoms with Crippen molar-refractivity contribution in [2.45, 2.75) is 30.3 Å². The number of aliphatic hydroxyl groups excluding tert-OH is 1. The van der Waals surface area contributed by atoms with Gasteiger partial charge < -0.3 is 10.4 Å². The van der Waals surface area contributed by atoms with Gasteiger partial charge in [0.15, 0.2) is 6.35 Å². The third-order valence-corrected chi connectivity index (χ3v) is 4.52. The Morgan fingerprint density at radius 3 is 2.60 bits per heavy atom. The number of carbonyl (C=O) groups is 1. The van der Waals surface area contributed by atoms with Crippen molar-refractivity contribution < 1.29 is 14.3 Å². The van der Waals surface area contributed by atoms with Gasteiger partial charge in [0.2, 0.25) is 5.91 Å². The molecular formula is C14H18FN3O2. The van der Waals surface area contributed by atoms with Crippen molar-refractivity contribution >= 4 is 5.91 Å². The molecule has 2 aliphatic rings.